The summed E-state index contributed by atoms with van der Waals surface area (Å²) in [6.07, 6.45) is 1.38. The van der Waals surface area contributed by atoms with Gasteiger partial charge in [-0.05, 0) is 24.3 Å². The average Bonchev–Trinajstić information content (AvgIpc) is 2.29. The van der Waals surface area contributed by atoms with Crippen LogP contribution in [-0.4, -0.2) is 21.0 Å². The number of aromatic nitrogens is 2. The van der Waals surface area contributed by atoms with Gasteiger partial charge in [0.2, 0.25) is 5.95 Å². The van der Waals surface area contributed by atoms with E-state index in [9.17, 15) is 9.59 Å². The molecular weight excluding hydrogens is 222 g/mol. The highest BCUT2D eigenvalue weighted by Crippen LogP contribution is 2.12. The van der Waals surface area contributed by atoms with E-state index in [-0.39, 0.29) is 11.1 Å². The van der Waals surface area contributed by atoms with Gasteiger partial charge in [0.25, 0.3) is 5.56 Å². The van der Waals surface area contributed by atoms with Gasteiger partial charge in [-0.1, -0.05) is 0 Å². The highest BCUT2D eigenvalue weighted by Gasteiger charge is 2.02. The summed E-state index contributed by atoms with van der Waals surface area (Å²) in [5.74, 6) is -0.677. The van der Waals surface area contributed by atoms with Crippen molar-refractivity contribution in [2.75, 3.05) is 5.32 Å². The topological polar surface area (TPSA) is 95.1 Å². The number of aromatic amines is 1. The van der Waals surface area contributed by atoms with Crippen LogP contribution in [0.25, 0.3) is 0 Å². The second kappa shape index (κ2) is 4.48. The maximum atomic E-state index is 11.0. The van der Waals surface area contributed by atoms with Gasteiger partial charge in [-0.2, -0.15) is 0 Å². The minimum Gasteiger partial charge on any atom is -0.478 e. The molecule has 17 heavy (non-hydrogen) atoms. The maximum Gasteiger partial charge on any atom is 0.335 e. The number of carboxylic acids is 1. The summed E-state index contributed by atoms with van der Waals surface area (Å²) in [7, 11) is 0. The minimum atomic E-state index is -0.984. The number of nitrogens with zero attached hydrogens (tertiary/aromatic N) is 1. The third-order valence-corrected chi connectivity index (χ3v) is 2.07. The molecule has 0 amide bonds. The molecule has 0 aliphatic rings. The van der Waals surface area contributed by atoms with Gasteiger partial charge >= 0.3 is 5.97 Å². The van der Waals surface area contributed by atoms with E-state index in [0.29, 0.717) is 11.6 Å². The number of benzene rings is 1. The summed E-state index contributed by atoms with van der Waals surface area (Å²) in [5, 5.41) is 11.6. The fourth-order valence-corrected chi connectivity index (χ4v) is 1.27. The lowest BCUT2D eigenvalue weighted by Gasteiger charge is -2.04. The third kappa shape index (κ3) is 2.69. The molecule has 0 saturated heterocycles. The van der Waals surface area contributed by atoms with Crippen molar-refractivity contribution in [2.24, 2.45) is 0 Å². The maximum absolute atomic E-state index is 11.0. The molecule has 0 radical (unpaired) electrons. The fourth-order valence-electron chi connectivity index (χ4n) is 1.27. The first-order valence-electron chi connectivity index (χ1n) is 4.81. The Morgan fingerprint density at radius 2 is 1.94 bits per heavy atom. The number of nitrogens with one attached hydrogen (secondary N) is 2. The molecule has 0 aliphatic heterocycles. The molecule has 1 heterocycles. The minimum absolute atomic E-state index is 0.199. The molecular formula is C11H9N3O3. The van der Waals surface area contributed by atoms with Crippen molar-refractivity contribution < 1.29 is 9.90 Å². The van der Waals surface area contributed by atoms with Crippen molar-refractivity contribution in [3.05, 3.63) is 52.4 Å². The highest BCUT2D eigenvalue weighted by atomic mass is 16.4. The molecule has 6 heteroatoms. The van der Waals surface area contributed by atoms with Crippen LogP contribution >= 0.6 is 0 Å². The molecule has 0 bridgehead atoms. The first-order valence-corrected chi connectivity index (χ1v) is 4.81. The van der Waals surface area contributed by atoms with Crippen LogP contribution in [0.1, 0.15) is 10.4 Å². The van der Waals surface area contributed by atoms with Crippen LogP contribution in [0.4, 0.5) is 11.6 Å². The molecule has 0 atom stereocenters. The quantitative estimate of drug-likeness (QED) is 0.738. The predicted molar refractivity (Wildman–Crippen MR) is 61.5 cm³/mol. The molecule has 0 aliphatic carbocycles. The normalized spacial score (nSPS) is 9.88. The molecule has 86 valence electrons. The van der Waals surface area contributed by atoms with Crippen LogP contribution in [0.15, 0.2) is 41.3 Å². The molecule has 1 aromatic heterocycles. The zero-order chi connectivity index (χ0) is 12.3. The predicted octanol–water partition coefficient (Wildman–Crippen LogP) is 1.21. The summed E-state index contributed by atoms with van der Waals surface area (Å²) < 4.78 is 0. The van der Waals surface area contributed by atoms with Gasteiger partial charge < -0.3 is 10.4 Å². The number of anilines is 2. The van der Waals surface area contributed by atoms with Crippen molar-refractivity contribution in [3.63, 3.8) is 0 Å². The molecule has 1 aromatic carbocycles. The SMILES string of the molecule is O=C(O)c1ccc(Nc2nccc(=O)[nH]2)cc1. The molecule has 0 fully saturated rings. The van der Waals surface area contributed by atoms with Crippen molar-refractivity contribution in [1.82, 2.24) is 9.97 Å². The third-order valence-electron chi connectivity index (χ3n) is 2.07. The number of aromatic carboxylic acids is 1. The van der Waals surface area contributed by atoms with E-state index >= 15 is 0 Å². The summed E-state index contributed by atoms with van der Waals surface area (Å²) in [6, 6.07) is 7.42. The van der Waals surface area contributed by atoms with Crippen LogP contribution in [0.5, 0.6) is 0 Å². The zero-order valence-corrected chi connectivity index (χ0v) is 8.68. The Kier molecular flexibility index (Phi) is 2.87. The summed E-state index contributed by atoms with van der Waals surface area (Å²) in [4.78, 5) is 28.1. The van der Waals surface area contributed by atoms with Crippen LogP contribution in [0, 0.1) is 0 Å². The average molecular weight is 231 g/mol. The lowest BCUT2D eigenvalue weighted by atomic mass is 10.2. The molecule has 0 saturated carbocycles. The van der Waals surface area contributed by atoms with Gasteiger partial charge in [-0.3, -0.25) is 9.78 Å². The summed E-state index contributed by atoms with van der Waals surface area (Å²) in [6.45, 7) is 0. The Balaban J connectivity index is 2.19. The standard InChI is InChI=1S/C11H9N3O3/c15-9-5-6-12-11(14-9)13-8-3-1-7(2-4-8)10(16)17/h1-6H,(H,16,17)(H2,12,13,14,15). The Bertz CT molecular complexity index is 589. The van der Waals surface area contributed by atoms with Gasteiger partial charge in [0.1, 0.15) is 0 Å². The van der Waals surface area contributed by atoms with E-state index in [4.69, 9.17) is 5.11 Å². The highest BCUT2D eigenvalue weighted by molar-refractivity contribution is 5.88. The lowest BCUT2D eigenvalue weighted by Crippen LogP contribution is -2.08. The number of hydrogen-bond acceptors (Lipinski definition) is 4. The summed E-state index contributed by atoms with van der Waals surface area (Å²) >= 11 is 0. The van der Waals surface area contributed by atoms with E-state index < -0.39 is 5.97 Å². The Morgan fingerprint density at radius 3 is 2.53 bits per heavy atom. The molecule has 2 aromatic rings. The van der Waals surface area contributed by atoms with Crippen molar-refractivity contribution in [2.45, 2.75) is 0 Å². The smallest absolute Gasteiger partial charge is 0.335 e. The number of rotatable bonds is 3. The Morgan fingerprint density at radius 1 is 1.24 bits per heavy atom. The van der Waals surface area contributed by atoms with E-state index in [1.165, 1.54) is 24.4 Å². The molecule has 3 N–H and O–H groups in total. The van der Waals surface area contributed by atoms with Crippen molar-refractivity contribution in [1.29, 1.82) is 0 Å². The van der Waals surface area contributed by atoms with Crippen LogP contribution in [0.3, 0.4) is 0 Å². The lowest BCUT2D eigenvalue weighted by molar-refractivity contribution is 0.0697. The monoisotopic (exact) mass is 231 g/mol. The number of carboxylic acid groups (broad SMARTS) is 1. The van der Waals surface area contributed by atoms with Gasteiger partial charge in [0.05, 0.1) is 5.56 Å². The molecule has 6 nitrogen and oxygen atoms in total. The van der Waals surface area contributed by atoms with Crippen LogP contribution in [0.2, 0.25) is 0 Å². The summed E-state index contributed by atoms with van der Waals surface area (Å²) in [5.41, 5.74) is 0.582. The van der Waals surface area contributed by atoms with Gasteiger partial charge in [-0.15, -0.1) is 0 Å². The van der Waals surface area contributed by atoms with Gasteiger partial charge in [0.15, 0.2) is 0 Å². The van der Waals surface area contributed by atoms with Crippen LogP contribution in [-0.2, 0) is 0 Å². The van der Waals surface area contributed by atoms with Crippen LogP contribution < -0.4 is 10.9 Å². The number of H-pyrrole nitrogens is 1. The van der Waals surface area contributed by atoms with E-state index in [2.05, 4.69) is 15.3 Å². The van der Waals surface area contributed by atoms with Crippen molar-refractivity contribution in [3.8, 4) is 0 Å². The second-order valence-corrected chi connectivity index (χ2v) is 3.29. The molecule has 0 spiro atoms. The van der Waals surface area contributed by atoms with Gasteiger partial charge in [-0.25, -0.2) is 9.78 Å². The molecule has 0 unspecified atom stereocenters. The van der Waals surface area contributed by atoms with E-state index in [1.807, 2.05) is 0 Å². The number of hydrogen-bond donors (Lipinski definition) is 3. The Labute approximate surface area is 96.0 Å². The molecule has 2 rings (SSSR count). The fraction of sp³-hybridized carbons (Fsp3) is 0. The zero-order valence-electron chi connectivity index (χ0n) is 8.68. The number of carbonyl (C=O) groups is 1. The van der Waals surface area contributed by atoms with E-state index in [1.54, 1.807) is 12.1 Å². The first kappa shape index (κ1) is 10.9. The van der Waals surface area contributed by atoms with E-state index in [0.717, 1.165) is 0 Å². The van der Waals surface area contributed by atoms with Gasteiger partial charge in [0, 0.05) is 18.0 Å². The Hall–Kier alpha value is -2.63. The first-order chi connectivity index (χ1) is 8.15. The second-order valence-electron chi connectivity index (χ2n) is 3.29. The largest absolute Gasteiger partial charge is 0.478 e. The van der Waals surface area contributed by atoms with Crippen molar-refractivity contribution >= 4 is 17.6 Å².